The van der Waals surface area contributed by atoms with Crippen LogP contribution < -0.4 is 5.32 Å². The number of benzene rings is 1. The molecule has 0 saturated carbocycles. The molecule has 0 amide bonds. The lowest BCUT2D eigenvalue weighted by atomic mass is 10.2. The van der Waals surface area contributed by atoms with Gasteiger partial charge in [0.15, 0.2) is 11.6 Å². The number of aromatic nitrogens is 2. The molecule has 1 unspecified atom stereocenters. The van der Waals surface area contributed by atoms with Crippen LogP contribution in [0.1, 0.15) is 6.92 Å². The van der Waals surface area contributed by atoms with Gasteiger partial charge < -0.3 is 14.8 Å². The van der Waals surface area contributed by atoms with E-state index >= 15 is 0 Å². The van der Waals surface area contributed by atoms with Crippen molar-refractivity contribution in [3.63, 3.8) is 0 Å². The lowest BCUT2D eigenvalue weighted by Crippen LogP contribution is -2.26. The molecule has 2 heterocycles. The largest absolute Gasteiger partial charge is 0.480 e. The number of nitrogens with zero attached hydrogens (tertiary/aromatic N) is 2. The minimum Gasteiger partial charge on any atom is -0.480 e. The maximum Gasteiger partial charge on any atom is 0.325 e. The number of carboxylic acid groups (broad SMARTS) is 1. The van der Waals surface area contributed by atoms with Gasteiger partial charge in [-0.15, -0.1) is 0 Å². The Kier molecular flexibility index (Phi) is 3.27. The Bertz CT molecular complexity index is 784. The topological polar surface area (TPSA) is 88.3 Å². The molecule has 2 N–H and O–H groups in total. The predicted octanol–water partition coefficient (Wildman–Crippen LogP) is 2.77. The summed E-state index contributed by atoms with van der Waals surface area (Å²) in [5.74, 6) is 0.477. The van der Waals surface area contributed by atoms with E-state index < -0.39 is 12.0 Å². The predicted molar refractivity (Wildman–Crippen MR) is 78.0 cm³/mol. The van der Waals surface area contributed by atoms with E-state index in [4.69, 9.17) is 9.52 Å². The van der Waals surface area contributed by atoms with E-state index in [-0.39, 0.29) is 0 Å². The van der Waals surface area contributed by atoms with Crippen LogP contribution in [0.4, 0.5) is 5.82 Å². The summed E-state index contributed by atoms with van der Waals surface area (Å²) in [4.78, 5) is 19.9. The zero-order valence-electron chi connectivity index (χ0n) is 11.3. The summed E-state index contributed by atoms with van der Waals surface area (Å²) in [6, 6.07) is 10.2. The third-order valence-corrected chi connectivity index (χ3v) is 3.07. The van der Waals surface area contributed by atoms with Gasteiger partial charge in [0.25, 0.3) is 0 Å². The minimum absolute atomic E-state index is 0.416. The van der Waals surface area contributed by atoms with Crippen LogP contribution in [-0.4, -0.2) is 27.1 Å². The van der Waals surface area contributed by atoms with Crippen LogP contribution in [0, 0.1) is 0 Å². The average molecular weight is 283 g/mol. The van der Waals surface area contributed by atoms with Gasteiger partial charge in [-0.3, -0.25) is 4.79 Å². The van der Waals surface area contributed by atoms with Gasteiger partial charge in [0.05, 0.1) is 11.8 Å². The van der Waals surface area contributed by atoms with E-state index in [0.717, 1.165) is 10.9 Å². The van der Waals surface area contributed by atoms with Crippen molar-refractivity contribution in [3.8, 4) is 11.6 Å². The highest BCUT2D eigenvalue weighted by atomic mass is 16.4. The van der Waals surface area contributed by atoms with Crippen molar-refractivity contribution < 1.29 is 14.3 Å². The van der Waals surface area contributed by atoms with Gasteiger partial charge in [-0.2, -0.15) is 0 Å². The van der Waals surface area contributed by atoms with Crippen LogP contribution in [0.3, 0.4) is 0 Å². The van der Waals surface area contributed by atoms with Crippen molar-refractivity contribution in [3.05, 3.63) is 42.7 Å². The minimum atomic E-state index is -0.947. The van der Waals surface area contributed by atoms with Crippen molar-refractivity contribution in [2.45, 2.75) is 13.0 Å². The highest BCUT2D eigenvalue weighted by Gasteiger charge is 2.15. The molecule has 6 nitrogen and oxygen atoms in total. The van der Waals surface area contributed by atoms with Crippen molar-refractivity contribution >= 4 is 22.7 Å². The highest BCUT2D eigenvalue weighted by Crippen LogP contribution is 2.25. The van der Waals surface area contributed by atoms with Gasteiger partial charge in [0, 0.05) is 5.39 Å². The van der Waals surface area contributed by atoms with E-state index in [0.29, 0.717) is 17.4 Å². The number of carboxylic acids is 1. The highest BCUT2D eigenvalue weighted by molar-refractivity contribution is 5.91. The molecule has 0 aliphatic carbocycles. The lowest BCUT2D eigenvalue weighted by molar-refractivity contribution is -0.137. The van der Waals surface area contributed by atoms with Crippen LogP contribution in [0.5, 0.6) is 0 Å². The van der Waals surface area contributed by atoms with E-state index in [1.165, 1.54) is 0 Å². The van der Waals surface area contributed by atoms with E-state index in [9.17, 15) is 4.79 Å². The fraction of sp³-hybridized carbons (Fsp3) is 0.133. The van der Waals surface area contributed by atoms with Crippen molar-refractivity contribution in [2.24, 2.45) is 0 Å². The molecular weight excluding hydrogens is 270 g/mol. The lowest BCUT2D eigenvalue weighted by Gasteiger charge is -2.13. The Morgan fingerprint density at radius 3 is 2.76 bits per heavy atom. The molecule has 1 aromatic carbocycles. The first-order valence-electron chi connectivity index (χ1n) is 6.45. The van der Waals surface area contributed by atoms with Crippen molar-refractivity contribution in [2.75, 3.05) is 5.32 Å². The number of para-hydroxylation sites is 1. The van der Waals surface area contributed by atoms with Gasteiger partial charge in [-0.25, -0.2) is 9.97 Å². The Hall–Kier alpha value is -2.89. The Labute approximate surface area is 120 Å². The number of hydrogen-bond donors (Lipinski definition) is 2. The monoisotopic (exact) mass is 283 g/mol. The standard InChI is InChI=1S/C15H13N3O3/c1-9(15(19)20)16-13-10-5-2-3-6-11(10)17-14(18-13)12-7-4-8-21-12/h2-9H,1H3,(H,19,20)(H,16,17,18). The third kappa shape index (κ3) is 2.55. The number of fused-ring (bicyclic) bond motifs is 1. The number of rotatable bonds is 4. The van der Waals surface area contributed by atoms with Gasteiger partial charge in [0.1, 0.15) is 11.9 Å². The summed E-state index contributed by atoms with van der Waals surface area (Å²) >= 11 is 0. The summed E-state index contributed by atoms with van der Waals surface area (Å²) in [5.41, 5.74) is 0.721. The van der Waals surface area contributed by atoms with E-state index in [1.807, 2.05) is 24.3 Å². The molecule has 3 rings (SSSR count). The molecule has 0 aliphatic rings. The van der Waals surface area contributed by atoms with Gasteiger partial charge in [-0.1, -0.05) is 12.1 Å². The normalized spacial score (nSPS) is 12.2. The fourth-order valence-electron chi connectivity index (χ4n) is 1.97. The molecule has 6 heteroatoms. The Balaban J connectivity index is 2.14. The number of carbonyl (C=O) groups is 1. The Morgan fingerprint density at radius 2 is 2.05 bits per heavy atom. The summed E-state index contributed by atoms with van der Waals surface area (Å²) in [5, 5.41) is 12.7. The maximum atomic E-state index is 11.0. The number of hydrogen-bond acceptors (Lipinski definition) is 5. The third-order valence-electron chi connectivity index (χ3n) is 3.07. The Morgan fingerprint density at radius 1 is 1.24 bits per heavy atom. The second-order valence-electron chi connectivity index (χ2n) is 4.59. The molecule has 0 spiro atoms. The molecule has 21 heavy (non-hydrogen) atoms. The van der Waals surface area contributed by atoms with Crippen LogP contribution in [0.15, 0.2) is 47.1 Å². The zero-order valence-corrected chi connectivity index (χ0v) is 11.3. The molecule has 2 aromatic heterocycles. The van der Waals surface area contributed by atoms with Crippen LogP contribution in [-0.2, 0) is 4.79 Å². The summed E-state index contributed by atoms with van der Waals surface area (Å²) in [6.45, 7) is 1.56. The average Bonchev–Trinajstić information content (AvgIpc) is 3.01. The van der Waals surface area contributed by atoms with Crippen LogP contribution in [0.25, 0.3) is 22.5 Å². The molecule has 0 bridgehead atoms. The number of furan rings is 1. The van der Waals surface area contributed by atoms with Gasteiger partial charge in [0.2, 0.25) is 0 Å². The fourth-order valence-corrected chi connectivity index (χ4v) is 1.97. The van der Waals surface area contributed by atoms with Crippen molar-refractivity contribution in [1.82, 2.24) is 9.97 Å². The SMILES string of the molecule is CC(Nc1nc(-c2ccco2)nc2ccccc12)C(=O)O. The second-order valence-corrected chi connectivity index (χ2v) is 4.59. The first-order valence-corrected chi connectivity index (χ1v) is 6.45. The quantitative estimate of drug-likeness (QED) is 0.765. The molecule has 0 saturated heterocycles. The van der Waals surface area contributed by atoms with Crippen molar-refractivity contribution in [1.29, 1.82) is 0 Å². The second kappa shape index (κ2) is 5.24. The summed E-state index contributed by atoms with van der Waals surface area (Å²) in [6.07, 6.45) is 1.54. The molecular formula is C15H13N3O3. The number of anilines is 1. The first kappa shape index (κ1) is 13.1. The summed E-state index contributed by atoms with van der Waals surface area (Å²) in [7, 11) is 0. The van der Waals surface area contributed by atoms with E-state index in [2.05, 4.69) is 15.3 Å². The van der Waals surface area contributed by atoms with E-state index in [1.54, 1.807) is 25.3 Å². The smallest absolute Gasteiger partial charge is 0.325 e. The van der Waals surface area contributed by atoms with Gasteiger partial charge in [-0.05, 0) is 31.2 Å². The van der Waals surface area contributed by atoms with Gasteiger partial charge >= 0.3 is 5.97 Å². The molecule has 3 aromatic rings. The van der Waals surface area contributed by atoms with Crippen LogP contribution in [0.2, 0.25) is 0 Å². The maximum absolute atomic E-state index is 11.0. The molecule has 106 valence electrons. The molecule has 0 radical (unpaired) electrons. The number of nitrogens with one attached hydrogen (secondary N) is 1. The molecule has 1 atom stereocenters. The zero-order chi connectivity index (χ0) is 14.8. The summed E-state index contributed by atoms with van der Waals surface area (Å²) < 4.78 is 5.31. The first-order chi connectivity index (χ1) is 10.1. The molecule has 0 fully saturated rings. The van der Waals surface area contributed by atoms with Crippen LogP contribution >= 0.6 is 0 Å². The molecule has 0 aliphatic heterocycles. The number of aliphatic carboxylic acids is 1.